The molecule has 2 aromatic rings. The van der Waals surface area contributed by atoms with Crippen LogP contribution in [0.25, 0.3) is 0 Å². The van der Waals surface area contributed by atoms with Crippen LogP contribution in [0.4, 0.5) is 20.2 Å². The number of aliphatic hydroxyl groups is 1. The maximum absolute atomic E-state index is 13.5. The van der Waals surface area contributed by atoms with Gasteiger partial charge >= 0.3 is 0 Å². The molecule has 116 valence electrons. The van der Waals surface area contributed by atoms with Crippen molar-refractivity contribution >= 4 is 11.4 Å². The summed E-state index contributed by atoms with van der Waals surface area (Å²) < 4.78 is 27.1. The summed E-state index contributed by atoms with van der Waals surface area (Å²) in [5.41, 5.74) is 0.676. The SMILES string of the molecule is Cc1cc([N+](=O)[O-])ccc1NCC(O)c1c(F)cccc1F. The molecule has 0 saturated carbocycles. The van der Waals surface area contributed by atoms with Crippen LogP contribution in [-0.2, 0) is 0 Å². The molecule has 0 heterocycles. The molecule has 2 aromatic carbocycles. The normalized spacial score (nSPS) is 12.0. The van der Waals surface area contributed by atoms with Crippen LogP contribution in [0.1, 0.15) is 17.2 Å². The summed E-state index contributed by atoms with van der Waals surface area (Å²) in [4.78, 5) is 10.1. The van der Waals surface area contributed by atoms with Crippen molar-refractivity contribution in [3.05, 3.63) is 69.3 Å². The van der Waals surface area contributed by atoms with Crippen molar-refractivity contribution in [2.45, 2.75) is 13.0 Å². The Hall–Kier alpha value is -2.54. The first-order valence-corrected chi connectivity index (χ1v) is 6.51. The Morgan fingerprint density at radius 2 is 1.91 bits per heavy atom. The van der Waals surface area contributed by atoms with Gasteiger partial charge in [-0.3, -0.25) is 10.1 Å². The fraction of sp³-hybridized carbons (Fsp3) is 0.200. The minimum Gasteiger partial charge on any atom is -0.386 e. The van der Waals surface area contributed by atoms with E-state index in [0.717, 1.165) is 12.1 Å². The second-order valence-electron chi connectivity index (χ2n) is 4.79. The molecular formula is C15H14F2N2O3. The average molecular weight is 308 g/mol. The van der Waals surface area contributed by atoms with Crippen molar-refractivity contribution < 1.29 is 18.8 Å². The van der Waals surface area contributed by atoms with Crippen LogP contribution in [0.15, 0.2) is 36.4 Å². The molecule has 0 radical (unpaired) electrons. The lowest BCUT2D eigenvalue weighted by atomic mass is 10.1. The van der Waals surface area contributed by atoms with Crippen LogP contribution < -0.4 is 5.32 Å². The van der Waals surface area contributed by atoms with Gasteiger partial charge in [-0.2, -0.15) is 0 Å². The van der Waals surface area contributed by atoms with Gasteiger partial charge in [-0.1, -0.05) is 6.07 Å². The number of aryl methyl sites for hydroxylation is 1. The monoisotopic (exact) mass is 308 g/mol. The van der Waals surface area contributed by atoms with E-state index in [1.807, 2.05) is 0 Å². The quantitative estimate of drug-likeness (QED) is 0.656. The Morgan fingerprint density at radius 3 is 2.45 bits per heavy atom. The third-order valence-electron chi connectivity index (χ3n) is 3.24. The Kier molecular flexibility index (Phi) is 4.67. The van der Waals surface area contributed by atoms with Gasteiger partial charge in [0, 0.05) is 24.4 Å². The summed E-state index contributed by atoms with van der Waals surface area (Å²) in [5, 5.41) is 23.4. The number of hydrogen-bond donors (Lipinski definition) is 2. The fourth-order valence-electron chi connectivity index (χ4n) is 2.10. The summed E-state index contributed by atoms with van der Waals surface area (Å²) in [5.74, 6) is -1.65. The molecule has 1 unspecified atom stereocenters. The predicted octanol–water partition coefficient (Wildman–Crippen LogP) is 3.33. The summed E-state index contributed by atoms with van der Waals surface area (Å²) in [6.07, 6.45) is -1.38. The number of nitro groups is 1. The molecule has 2 rings (SSSR count). The highest BCUT2D eigenvalue weighted by molar-refractivity contribution is 5.55. The molecule has 0 bridgehead atoms. The molecule has 2 N–H and O–H groups in total. The number of hydrogen-bond acceptors (Lipinski definition) is 4. The molecule has 0 amide bonds. The minimum atomic E-state index is -1.38. The van der Waals surface area contributed by atoms with Crippen molar-refractivity contribution in [2.24, 2.45) is 0 Å². The van der Waals surface area contributed by atoms with Gasteiger partial charge in [0.15, 0.2) is 0 Å². The molecule has 7 heteroatoms. The van der Waals surface area contributed by atoms with E-state index in [0.29, 0.717) is 11.3 Å². The third kappa shape index (κ3) is 3.37. The van der Waals surface area contributed by atoms with Crippen molar-refractivity contribution in [3.63, 3.8) is 0 Å². The van der Waals surface area contributed by atoms with Gasteiger partial charge < -0.3 is 10.4 Å². The highest BCUT2D eigenvalue weighted by Gasteiger charge is 2.18. The molecule has 0 spiro atoms. The number of rotatable bonds is 5. The zero-order valence-corrected chi connectivity index (χ0v) is 11.7. The number of aliphatic hydroxyl groups excluding tert-OH is 1. The standard InChI is InChI=1S/C15H14F2N2O3/c1-9-7-10(19(21)22)5-6-13(9)18-8-14(20)15-11(16)3-2-4-12(15)17/h2-7,14,18,20H,8H2,1H3. The van der Waals surface area contributed by atoms with E-state index in [1.54, 1.807) is 6.92 Å². The van der Waals surface area contributed by atoms with E-state index < -0.39 is 28.2 Å². The molecule has 22 heavy (non-hydrogen) atoms. The number of non-ortho nitro benzene ring substituents is 1. The van der Waals surface area contributed by atoms with Crippen LogP contribution in [0.3, 0.4) is 0 Å². The zero-order valence-electron chi connectivity index (χ0n) is 11.7. The Labute approximate surface area is 125 Å². The van der Waals surface area contributed by atoms with Crippen LogP contribution >= 0.6 is 0 Å². The highest BCUT2D eigenvalue weighted by Crippen LogP contribution is 2.24. The number of halogens is 2. The summed E-state index contributed by atoms with van der Waals surface area (Å²) in [6, 6.07) is 7.52. The van der Waals surface area contributed by atoms with E-state index in [2.05, 4.69) is 5.32 Å². The maximum atomic E-state index is 13.5. The van der Waals surface area contributed by atoms with E-state index in [4.69, 9.17) is 0 Å². The number of nitrogens with zero attached hydrogens (tertiary/aromatic N) is 1. The van der Waals surface area contributed by atoms with Crippen molar-refractivity contribution in [1.29, 1.82) is 0 Å². The molecule has 0 fully saturated rings. The molecule has 0 aromatic heterocycles. The molecule has 0 aliphatic carbocycles. The van der Waals surface area contributed by atoms with Crippen LogP contribution in [-0.4, -0.2) is 16.6 Å². The first-order chi connectivity index (χ1) is 10.4. The number of nitro benzene ring substituents is 1. The zero-order chi connectivity index (χ0) is 16.3. The molecule has 0 aliphatic heterocycles. The number of benzene rings is 2. The van der Waals surface area contributed by atoms with Gasteiger partial charge in [0.2, 0.25) is 0 Å². The smallest absolute Gasteiger partial charge is 0.269 e. The number of anilines is 1. The maximum Gasteiger partial charge on any atom is 0.269 e. The van der Waals surface area contributed by atoms with Gasteiger partial charge in [-0.15, -0.1) is 0 Å². The lowest BCUT2D eigenvalue weighted by molar-refractivity contribution is -0.384. The van der Waals surface area contributed by atoms with Crippen molar-refractivity contribution in [3.8, 4) is 0 Å². The summed E-state index contributed by atoms with van der Waals surface area (Å²) >= 11 is 0. The summed E-state index contributed by atoms with van der Waals surface area (Å²) in [6.45, 7) is 1.53. The molecule has 0 saturated heterocycles. The van der Waals surface area contributed by atoms with Crippen LogP contribution in [0.5, 0.6) is 0 Å². The molecular weight excluding hydrogens is 294 g/mol. The molecule has 0 aliphatic rings. The van der Waals surface area contributed by atoms with Crippen LogP contribution in [0.2, 0.25) is 0 Å². The van der Waals surface area contributed by atoms with Crippen LogP contribution in [0, 0.1) is 28.7 Å². The first kappa shape index (κ1) is 15.8. The second-order valence-corrected chi connectivity index (χ2v) is 4.79. The lowest BCUT2D eigenvalue weighted by Crippen LogP contribution is -2.15. The average Bonchev–Trinajstić information content (AvgIpc) is 2.45. The minimum absolute atomic E-state index is 0.0521. The summed E-state index contributed by atoms with van der Waals surface area (Å²) in [7, 11) is 0. The molecule has 5 nitrogen and oxygen atoms in total. The van der Waals surface area contributed by atoms with Crippen molar-refractivity contribution in [1.82, 2.24) is 0 Å². The Morgan fingerprint density at radius 1 is 1.27 bits per heavy atom. The lowest BCUT2D eigenvalue weighted by Gasteiger charge is -2.15. The fourth-order valence-corrected chi connectivity index (χ4v) is 2.10. The highest BCUT2D eigenvalue weighted by atomic mass is 19.1. The van der Waals surface area contributed by atoms with Crippen molar-refractivity contribution in [2.75, 3.05) is 11.9 Å². The predicted molar refractivity (Wildman–Crippen MR) is 77.6 cm³/mol. The largest absolute Gasteiger partial charge is 0.386 e. The van der Waals surface area contributed by atoms with Gasteiger partial charge in [0.05, 0.1) is 10.5 Å². The molecule has 1 atom stereocenters. The first-order valence-electron chi connectivity index (χ1n) is 6.51. The van der Waals surface area contributed by atoms with Gasteiger partial charge in [-0.25, -0.2) is 8.78 Å². The second kappa shape index (κ2) is 6.48. The van der Waals surface area contributed by atoms with E-state index in [-0.39, 0.29) is 12.2 Å². The topological polar surface area (TPSA) is 75.4 Å². The van der Waals surface area contributed by atoms with E-state index >= 15 is 0 Å². The van der Waals surface area contributed by atoms with Gasteiger partial charge in [0.25, 0.3) is 5.69 Å². The van der Waals surface area contributed by atoms with E-state index in [1.165, 1.54) is 24.3 Å². The van der Waals surface area contributed by atoms with Gasteiger partial charge in [-0.05, 0) is 30.7 Å². The van der Waals surface area contributed by atoms with Gasteiger partial charge in [0.1, 0.15) is 17.7 Å². The number of nitrogens with one attached hydrogen (secondary N) is 1. The Bertz CT molecular complexity index is 687. The van der Waals surface area contributed by atoms with E-state index in [9.17, 15) is 24.0 Å². The Balaban J connectivity index is 2.11. The third-order valence-corrected chi connectivity index (χ3v) is 3.24.